The van der Waals surface area contributed by atoms with Crippen LogP contribution in [0.4, 0.5) is 48.3 Å². The Morgan fingerprint density at radius 3 is 1.20 bits per heavy atom. The monoisotopic (exact) mass is 356 g/mol. The second-order valence-corrected chi connectivity index (χ2v) is 3.10. The number of hydrogen-bond donors (Lipinski definition) is 1. The number of halogens is 11. The maximum Gasteiger partial charge on any atom is 2.00 e. The number of carboxylic acids is 1. The molecule has 0 aliphatic heterocycles. The van der Waals surface area contributed by atoms with Crippen LogP contribution >= 0.6 is 0 Å². The van der Waals surface area contributed by atoms with Crippen molar-refractivity contribution < 1.29 is 61.0 Å². The van der Waals surface area contributed by atoms with E-state index in [9.17, 15) is 53.1 Å². The van der Waals surface area contributed by atoms with Crippen molar-refractivity contribution in [2.45, 2.75) is 29.9 Å². The number of hydrogen-bond acceptors (Lipinski definition) is 1. The number of alkyl halides is 11. The fraction of sp³-hybridized carbons (Fsp3) is 0.833. The molecular weight excluding hydrogens is 353 g/mol. The summed E-state index contributed by atoms with van der Waals surface area (Å²) in [6, 6.07) is 0. The van der Waals surface area contributed by atoms with Gasteiger partial charge in [-0.2, -0.15) is 48.3 Å². The first-order valence-corrected chi connectivity index (χ1v) is 3.76. The Labute approximate surface area is 134 Å². The molecule has 0 atom stereocenters. The number of aliphatic carboxylic acids is 1. The molecule has 0 spiro atoms. The van der Waals surface area contributed by atoms with Gasteiger partial charge in [-0.3, -0.25) is 0 Å². The topological polar surface area (TPSA) is 37.3 Å². The maximum atomic E-state index is 12.4. The van der Waals surface area contributed by atoms with Gasteiger partial charge in [0.15, 0.2) is 0 Å². The minimum atomic E-state index is -7.68. The Morgan fingerprint density at radius 2 is 1.00 bits per heavy atom. The number of carboxylic acid groups (broad SMARTS) is 1. The quantitative estimate of drug-likeness (QED) is 0.621. The van der Waals surface area contributed by atoms with Gasteiger partial charge in [0.25, 0.3) is 0 Å². The van der Waals surface area contributed by atoms with Crippen LogP contribution < -0.4 is 0 Å². The minimum absolute atomic E-state index is 0. The van der Waals surface area contributed by atoms with Gasteiger partial charge in [-0.25, -0.2) is 4.79 Å². The van der Waals surface area contributed by atoms with Gasteiger partial charge in [-0.05, 0) is 0 Å². The molecule has 14 heteroatoms. The largest absolute Gasteiger partial charge is 2.00 e. The van der Waals surface area contributed by atoms with Crippen molar-refractivity contribution in [2.24, 2.45) is 0 Å². The average Bonchev–Trinajstić information content (AvgIpc) is 2.14. The third kappa shape index (κ3) is 2.93. The molecule has 0 fully saturated rings. The van der Waals surface area contributed by atoms with Gasteiger partial charge in [0.2, 0.25) is 0 Å². The predicted molar refractivity (Wildman–Crippen MR) is 41.5 cm³/mol. The van der Waals surface area contributed by atoms with E-state index in [1.165, 1.54) is 0 Å². The van der Waals surface area contributed by atoms with Crippen LogP contribution in [0.25, 0.3) is 0 Å². The molecule has 0 aliphatic rings. The normalized spacial score (nSPS) is 14.8. The first-order chi connectivity index (χ1) is 7.94. The summed E-state index contributed by atoms with van der Waals surface area (Å²) < 4.78 is 133. The molecule has 0 unspecified atom stereocenters. The van der Waals surface area contributed by atoms with E-state index in [0.717, 1.165) is 0 Å². The molecule has 2 nitrogen and oxygen atoms in total. The zero-order valence-corrected chi connectivity index (χ0v) is 10.9. The van der Waals surface area contributed by atoms with Crippen LogP contribution in [0.15, 0.2) is 0 Å². The third-order valence-electron chi connectivity index (χ3n) is 1.81. The van der Waals surface area contributed by atoms with Crippen LogP contribution in [0.2, 0.25) is 0 Å². The first kappa shape index (κ1) is 22.2. The average molecular weight is 356 g/mol. The standard InChI is InChI=1S/C6HF11O2.Ca.2H/c7-2(8,1(18)19)3(9,10)4(11,12)5(13,14)6(15,16)17;;;/h(H,18,19);;;/q;+2;2*-1. The molecule has 0 heterocycles. The van der Waals surface area contributed by atoms with E-state index in [-0.39, 0.29) is 40.6 Å². The van der Waals surface area contributed by atoms with Gasteiger partial charge in [-0.1, -0.05) is 0 Å². The summed E-state index contributed by atoms with van der Waals surface area (Å²) in [6.07, 6.45) is -7.30. The van der Waals surface area contributed by atoms with Gasteiger partial charge >= 0.3 is 73.6 Å². The van der Waals surface area contributed by atoms with Crippen LogP contribution in [0.3, 0.4) is 0 Å². The van der Waals surface area contributed by atoms with E-state index in [1.807, 2.05) is 0 Å². The summed E-state index contributed by atoms with van der Waals surface area (Å²) >= 11 is 0. The second kappa shape index (κ2) is 5.63. The third-order valence-corrected chi connectivity index (χ3v) is 1.81. The Hall–Kier alpha value is -0.0403. The molecule has 1 N–H and O–H groups in total. The molecule has 0 radical (unpaired) electrons. The van der Waals surface area contributed by atoms with E-state index in [2.05, 4.69) is 0 Å². The van der Waals surface area contributed by atoms with Gasteiger partial charge in [0.05, 0.1) is 0 Å². The summed E-state index contributed by atoms with van der Waals surface area (Å²) in [5.41, 5.74) is 0. The molecule has 0 aromatic heterocycles. The summed E-state index contributed by atoms with van der Waals surface area (Å²) in [5, 5.41) is 7.52. The summed E-state index contributed by atoms with van der Waals surface area (Å²) in [4.78, 5) is 9.60. The molecule has 0 rings (SSSR count). The Morgan fingerprint density at radius 1 is 0.700 bits per heavy atom. The van der Waals surface area contributed by atoms with Crippen molar-refractivity contribution in [1.29, 1.82) is 0 Å². The first-order valence-electron chi connectivity index (χ1n) is 3.76. The van der Waals surface area contributed by atoms with Crippen LogP contribution in [0.1, 0.15) is 2.85 Å². The number of carbonyl (C=O) groups is 1. The Kier molecular flexibility index (Phi) is 6.26. The number of rotatable bonds is 4. The molecule has 0 aliphatic carbocycles. The molecular formula is C6H3CaF11O2. The van der Waals surface area contributed by atoms with Crippen molar-refractivity contribution >= 4 is 43.7 Å². The molecule has 20 heavy (non-hydrogen) atoms. The molecule has 0 aromatic carbocycles. The SMILES string of the molecule is O=C(O)C(F)(F)C(F)(F)C(F)(F)C(F)(F)C(F)(F)F.[Ca+2].[H-].[H-]. The van der Waals surface area contributed by atoms with Crippen molar-refractivity contribution in [1.82, 2.24) is 0 Å². The summed E-state index contributed by atoms with van der Waals surface area (Å²) in [5.74, 6) is -33.6. The zero-order valence-electron chi connectivity index (χ0n) is 10.7. The minimum Gasteiger partial charge on any atom is -1.00 e. The van der Waals surface area contributed by atoms with Crippen LogP contribution in [0.5, 0.6) is 0 Å². The van der Waals surface area contributed by atoms with E-state index < -0.39 is 35.8 Å². The Balaban J connectivity index is -0.000000540. The van der Waals surface area contributed by atoms with Crippen LogP contribution in [-0.2, 0) is 4.79 Å². The van der Waals surface area contributed by atoms with Gasteiger partial charge in [0.1, 0.15) is 0 Å². The van der Waals surface area contributed by atoms with E-state index >= 15 is 0 Å². The smallest absolute Gasteiger partial charge is 1.00 e. The van der Waals surface area contributed by atoms with E-state index in [1.54, 1.807) is 0 Å². The fourth-order valence-corrected chi connectivity index (χ4v) is 0.707. The van der Waals surface area contributed by atoms with E-state index in [4.69, 9.17) is 5.11 Å². The zero-order chi connectivity index (χ0) is 16.1. The molecule has 0 saturated carbocycles. The van der Waals surface area contributed by atoms with Gasteiger partial charge in [0, 0.05) is 0 Å². The van der Waals surface area contributed by atoms with Crippen LogP contribution in [-0.4, -0.2) is 78.7 Å². The summed E-state index contributed by atoms with van der Waals surface area (Å²) in [6.45, 7) is 0. The van der Waals surface area contributed by atoms with Gasteiger partial charge < -0.3 is 7.96 Å². The Bertz CT molecular complexity index is 383. The van der Waals surface area contributed by atoms with Crippen molar-refractivity contribution in [3.63, 3.8) is 0 Å². The molecule has 118 valence electrons. The van der Waals surface area contributed by atoms with Crippen molar-refractivity contribution in [2.75, 3.05) is 0 Å². The van der Waals surface area contributed by atoms with Gasteiger partial charge in [-0.15, -0.1) is 0 Å². The second-order valence-electron chi connectivity index (χ2n) is 3.10. The molecule has 0 saturated heterocycles. The van der Waals surface area contributed by atoms with Crippen molar-refractivity contribution in [3.8, 4) is 0 Å². The molecule has 0 aromatic rings. The fourth-order valence-electron chi connectivity index (χ4n) is 0.707. The predicted octanol–water partition coefficient (Wildman–Crippen LogP) is 3.02. The summed E-state index contributed by atoms with van der Waals surface area (Å²) in [7, 11) is 0. The maximum absolute atomic E-state index is 12.4. The molecule has 0 bridgehead atoms. The van der Waals surface area contributed by atoms with Crippen molar-refractivity contribution in [3.05, 3.63) is 0 Å². The van der Waals surface area contributed by atoms with E-state index in [0.29, 0.717) is 0 Å². The molecule has 0 amide bonds. The van der Waals surface area contributed by atoms with Crippen LogP contribution in [0, 0.1) is 0 Å².